The van der Waals surface area contributed by atoms with Crippen LogP contribution in [-0.4, -0.2) is 21.5 Å². The molecule has 17 heavy (non-hydrogen) atoms. The van der Waals surface area contributed by atoms with Crippen molar-refractivity contribution in [3.8, 4) is 0 Å². The topological polar surface area (TPSA) is 44.1 Å². The molecule has 4 heteroatoms. The Kier molecular flexibility index (Phi) is 2.65. The standard InChI is InChI=1S/C13H16N2O2/c1-9-5-6-10-8-14-15(11(10)7-9)12(16)17-13(2,3)4/h5-8H,1-4H3. The van der Waals surface area contributed by atoms with Crippen LogP contribution >= 0.6 is 0 Å². The van der Waals surface area contributed by atoms with Gasteiger partial charge in [-0.15, -0.1) is 0 Å². The molecule has 0 spiro atoms. The van der Waals surface area contributed by atoms with Crippen LogP contribution in [0.3, 0.4) is 0 Å². The number of ether oxygens (including phenoxy) is 1. The van der Waals surface area contributed by atoms with Crippen LogP contribution in [0.15, 0.2) is 24.4 Å². The Hall–Kier alpha value is -1.84. The molecule has 0 saturated carbocycles. The van der Waals surface area contributed by atoms with E-state index in [-0.39, 0.29) is 0 Å². The Morgan fingerprint density at radius 1 is 1.35 bits per heavy atom. The summed E-state index contributed by atoms with van der Waals surface area (Å²) in [7, 11) is 0. The van der Waals surface area contributed by atoms with Gasteiger partial charge in [0.15, 0.2) is 0 Å². The van der Waals surface area contributed by atoms with Crippen molar-refractivity contribution in [2.45, 2.75) is 33.3 Å². The minimum atomic E-state index is -0.515. The van der Waals surface area contributed by atoms with Gasteiger partial charge >= 0.3 is 6.09 Å². The molecule has 90 valence electrons. The van der Waals surface area contributed by atoms with Crippen LogP contribution < -0.4 is 0 Å². The molecule has 2 rings (SSSR count). The Morgan fingerprint density at radius 3 is 2.71 bits per heavy atom. The fourth-order valence-electron chi connectivity index (χ4n) is 1.58. The largest absolute Gasteiger partial charge is 0.442 e. The maximum absolute atomic E-state index is 11.9. The van der Waals surface area contributed by atoms with E-state index in [1.807, 2.05) is 45.9 Å². The number of carbonyl (C=O) groups excluding carboxylic acids is 1. The number of hydrogen-bond acceptors (Lipinski definition) is 3. The molecule has 1 heterocycles. The summed E-state index contributed by atoms with van der Waals surface area (Å²) in [6.45, 7) is 7.48. The van der Waals surface area contributed by atoms with Gasteiger partial charge in [-0.3, -0.25) is 0 Å². The number of rotatable bonds is 0. The minimum Gasteiger partial charge on any atom is -0.442 e. The van der Waals surface area contributed by atoms with E-state index in [2.05, 4.69) is 5.10 Å². The number of nitrogens with zero attached hydrogens (tertiary/aromatic N) is 2. The van der Waals surface area contributed by atoms with Crippen LogP contribution in [0.2, 0.25) is 0 Å². The lowest BCUT2D eigenvalue weighted by atomic mass is 10.2. The molecule has 0 aliphatic carbocycles. The van der Waals surface area contributed by atoms with E-state index in [1.54, 1.807) is 6.20 Å². The Balaban J connectivity index is 2.42. The van der Waals surface area contributed by atoms with Crippen LogP contribution in [0.4, 0.5) is 4.79 Å². The van der Waals surface area contributed by atoms with Gasteiger partial charge in [0, 0.05) is 5.39 Å². The zero-order chi connectivity index (χ0) is 12.6. The lowest BCUT2D eigenvalue weighted by Crippen LogP contribution is -2.27. The smallest absolute Gasteiger partial charge is 0.435 e. The van der Waals surface area contributed by atoms with Gasteiger partial charge < -0.3 is 4.74 Å². The van der Waals surface area contributed by atoms with Gasteiger partial charge in [-0.05, 0) is 39.3 Å². The number of fused-ring (bicyclic) bond motifs is 1. The number of aromatic nitrogens is 2. The van der Waals surface area contributed by atoms with Gasteiger partial charge in [-0.1, -0.05) is 12.1 Å². The maximum atomic E-state index is 11.9. The van der Waals surface area contributed by atoms with E-state index in [0.717, 1.165) is 16.5 Å². The molecule has 0 radical (unpaired) electrons. The van der Waals surface area contributed by atoms with Crippen molar-refractivity contribution < 1.29 is 9.53 Å². The fourth-order valence-corrected chi connectivity index (χ4v) is 1.58. The fraction of sp³-hybridized carbons (Fsp3) is 0.385. The number of carbonyl (C=O) groups is 1. The van der Waals surface area contributed by atoms with Crippen molar-refractivity contribution >= 4 is 17.0 Å². The first-order valence-electron chi connectivity index (χ1n) is 5.54. The molecule has 2 aromatic rings. The summed E-state index contributed by atoms with van der Waals surface area (Å²) in [6.07, 6.45) is 1.22. The van der Waals surface area contributed by atoms with Gasteiger partial charge in [0.05, 0.1) is 11.7 Å². The third-order valence-electron chi connectivity index (χ3n) is 2.29. The monoisotopic (exact) mass is 232 g/mol. The summed E-state index contributed by atoms with van der Waals surface area (Å²) in [5.74, 6) is 0. The summed E-state index contributed by atoms with van der Waals surface area (Å²) in [4.78, 5) is 11.9. The molecule has 0 unspecified atom stereocenters. The van der Waals surface area contributed by atoms with E-state index >= 15 is 0 Å². The summed E-state index contributed by atoms with van der Waals surface area (Å²) in [5.41, 5.74) is 1.35. The molecule has 0 aliphatic heterocycles. The summed E-state index contributed by atoms with van der Waals surface area (Å²) in [5, 5.41) is 4.99. The minimum absolute atomic E-state index is 0.446. The average Bonchev–Trinajstić information content (AvgIpc) is 2.57. The second kappa shape index (κ2) is 3.87. The molecule has 0 N–H and O–H groups in total. The molecular formula is C13H16N2O2. The Labute approximate surface area is 100 Å². The van der Waals surface area contributed by atoms with Crippen molar-refractivity contribution in [2.75, 3.05) is 0 Å². The zero-order valence-electron chi connectivity index (χ0n) is 10.5. The normalized spacial score (nSPS) is 11.8. The van der Waals surface area contributed by atoms with Crippen molar-refractivity contribution in [3.05, 3.63) is 30.0 Å². The molecule has 0 atom stereocenters. The molecule has 0 bridgehead atoms. The average molecular weight is 232 g/mol. The predicted octanol–water partition coefficient (Wildman–Crippen LogP) is 3.13. The van der Waals surface area contributed by atoms with Crippen LogP contribution in [0.25, 0.3) is 10.9 Å². The van der Waals surface area contributed by atoms with Crippen LogP contribution in [0, 0.1) is 6.92 Å². The second-order valence-electron chi connectivity index (χ2n) is 5.10. The summed E-state index contributed by atoms with van der Waals surface area (Å²) in [6, 6.07) is 5.86. The number of aryl methyl sites for hydroxylation is 1. The molecule has 1 aromatic carbocycles. The molecule has 4 nitrogen and oxygen atoms in total. The van der Waals surface area contributed by atoms with E-state index < -0.39 is 11.7 Å². The third-order valence-corrected chi connectivity index (χ3v) is 2.29. The molecule has 0 aliphatic rings. The first kappa shape index (κ1) is 11.6. The summed E-state index contributed by atoms with van der Waals surface area (Å²) >= 11 is 0. The first-order chi connectivity index (χ1) is 7.87. The maximum Gasteiger partial charge on any atom is 0.435 e. The zero-order valence-corrected chi connectivity index (χ0v) is 10.5. The highest BCUT2D eigenvalue weighted by Gasteiger charge is 2.19. The van der Waals surface area contributed by atoms with Crippen molar-refractivity contribution in [2.24, 2.45) is 0 Å². The summed E-state index contributed by atoms with van der Waals surface area (Å²) < 4.78 is 6.59. The van der Waals surface area contributed by atoms with E-state index in [0.29, 0.717) is 0 Å². The SMILES string of the molecule is Cc1ccc2cnn(C(=O)OC(C)(C)C)c2c1. The molecule has 0 saturated heterocycles. The highest BCUT2D eigenvalue weighted by atomic mass is 16.6. The van der Waals surface area contributed by atoms with E-state index in [4.69, 9.17) is 4.74 Å². The number of hydrogen-bond donors (Lipinski definition) is 0. The third kappa shape index (κ3) is 2.46. The lowest BCUT2D eigenvalue weighted by molar-refractivity contribution is 0.0523. The predicted molar refractivity (Wildman–Crippen MR) is 66.1 cm³/mol. The quantitative estimate of drug-likeness (QED) is 0.701. The van der Waals surface area contributed by atoms with Gasteiger partial charge in [0.2, 0.25) is 0 Å². The lowest BCUT2D eigenvalue weighted by Gasteiger charge is -2.19. The van der Waals surface area contributed by atoms with Crippen molar-refractivity contribution in [1.82, 2.24) is 9.78 Å². The Bertz CT molecular complexity index is 564. The van der Waals surface area contributed by atoms with Crippen molar-refractivity contribution in [1.29, 1.82) is 0 Å². The van der Waals surface area contributed by atoms with Gasteiger partial charge in [-0.2, -0.15) is 9.78 Å². The molecule has 0 fully saturated rings. The first-order valence-corrected chi connectivity index (χ1v) is 5.54. The van der Waals surface area contributed by atoms with Crippen LogP contribution in [-0.2, 0) is 4.74 Å². The number of benzene rings is 1. The van der Waals surface area contributed by atoms with Crippen molar-refractivity contribution in [3.63, 3.8) is 0 Å². The van der Waals surface area contributed by atoms with Gasteiger partial charge in [0.1, 0.15) is 5.60 Å². The van der Waals surface area contributed by atoms with E-state index in [1.165, 1.54) is 4.68 Å². The molecular weight excluding hydrogens is 216 g/mol. The Morgan fingerprint density at radius 2 is 2.06 bits per heavy atom. The molecule has 0 amide bonds. The van der Waals surface area contributed by atoms with Crippen LogP contribution in [0.5, 0.6) is 0 Å². The van der Waals surface area contributed by atoms with Gasteiger partial charge in [0.25, 0.3) is 0 Å². The highest BCUT2D eigenvalue weighted by Crippen LogP contribution is 2.17. The molecule has 1 aromatic heterocycles. The van der Waals surface area contributed by atoms with Crippen LogP contribution in [0.1, 0.15) is 26.3 Å². The van der Waals surface area contributed by atoms with E-state index in [9.17, 15) is 4.79 Å². The highest BCUT2D eigenvalue weighted by molar-refractivity contribution is 5.88. The van der Waals surface area contributed by atoms with Gasteiger partial charge in [-0.25, -0.2) is 4.79 Å². The second-order valence-corrected chi connectivity index (χ2v) is 5.10.